The lowest BCUT2D eigenvalue weighted by molar-refractivity contribution is -0.250. The standard InChI is InChI=1S/C13H24O11/c14-1-5(17)4-21-13-11(9(19)7(3-16)23-13)24-12-10(20)8(18)6(2-15)22-12/h5-20H,1-4H2/t5?,6-,7-,8-,9-,10+,11+,12+,13+/m1/s1. The van der Waals surface area contributed by atoms with Gasteiger partial charge in [0.2, 0.25) is 0 Å². The van der Waals surface area contributed by atoms with Crippen molar-refractivity contribution in [3.05, 3.63) is 0 Å². The average molecular weight is 356 g/mol. The summed E-state index contributed by atoms with van der Waals surface area (Å²) in [6.07, 6.45) is -11.2. The molecule has 0 aromatic carbocycles. The van der Waals surface area contributed by atoms with Crippen LogP contribution in [0.1, 0.15) is 0 Å². The molecule has 0 aliphatic carbocycles. The van der Waals surface area contributed by atoms with Crippen molar-refractivity contribution in [2.24, 2.45) is 0 Å². The second-order valence-corrected chi connectivity index (χ2v) is 5.69. The lowest BCUT2D eigenvalue weighted by atomic mass is 10.1. The smallest absolute Gasteiger partial charge is 0.187 e. The Morgan fingerprint density at radius 1 is 0.833 bits per heavy atom. The molecule has 0 aromatic heterocycles. The summed E-state index contributed by atoms with van der Waals surface area (Å²) in [5, 5.41) is 66.0. The van der Waals surface area contributed by atoms with E-state index in [1.54, 1.807) is 0 Å². The summed E-state index contributed by atoms with van der Waals surface area (Å²) in [4.78, 5) is 0. The molecule has 9 atom stereocenters. The van der Waals surface area contributed by atoms with E-state index in [9.17, 15) is 25.5 Å². The van der Waals surface area contributed by atoms with E-state index in [1.165, 1.54) is 0 Å². The Morgan fingerprint density at radius 3 is 1.96 bits per heavy atom. The highest BCUT2D eigenvalue weighted by Crippen LogP contribution is 2.30. The molecule has 2 saturated heterocycles. The molecule has 2 rings (SSSR count). The van der Waals surface area contributed by atoms with Gasteiger partial charge >= 0.3 is 0 Å². The maximum absolute atomic E-state index is 10.1. The molecule has 0 saturated carbocycles. The predicted molar refractivity (Wildman–Crippen MR) is 73.4 cm³/mol. The molecule has 0 spiro atoms. The highest BCUT2D eigenvalue weighted by atomic mass is 16.8. The maximum atomic E-state index is 10.1. The fourth-order valence-corrected chi connectivity index (χ4v) is 2.52. The summed E-state index contributed by atoms with van der Waals surface area (Å²) in [5.41, 5.74) is 0. The SMILES string of the molecule is OCC(O)CO[C@H]1O[C@H](CO)[C@@H](O)[C@@H]1O[C@@H]1O[C@H](CO)[C@@H](O)[C@@H]1O. The van der Waals surface area contributed by atoms with Gasteiger partial charge in [-0.2, -0.15) is 0 Å². The van der Waals surface area contributed by atoms with Crippen LogP contribution in [0, 0.1) is 0 Å². The Balaban J connectivity index is 2.01. The Hall–Kier alpha value is -0.440. The average Bonchev–Trinajstić information content (AvgIpc) is 3.04. The van der Waals surface area contributed by atoms with Gasteiger partial charge in [-0.1, -0.05) is 0 Å². The number of hydrogen-bond donors (Lipinski definition) is 7. The van der Waals surface area contributed by atoms with Crippen LogP contribution in [0.4, 0.5) is 0 Å². The molecule has 0 bridgehead atoms. The first kappa shape index (κ1) is 19.9. The summed E-state index contributed by atoms with van der Waals surface area (Å²) in [7, 11) is 0. The largest absolute Gasteiger partial charge is 0.394 e. The molecule has 142 valence electrons. The van der Waals surface area contributed by atoms with Crippen molar-refractivity contribution in [3.63, 3.8) is 0 Å². The van der Waals surface area contributed by atoms with Crippen molar-refractivity contribution in [2.75, 3.05) is 26.4 Å². The van der Waals surface area contributed by atoms with Gasteiger partial charge < -0.3 is 54.7 Å². The number of ether oxygens (including phenoxy) is 4. The number of rotatable bonds is 8. The summed E-state index contributed by atoms with van der Waals surface area (Å²) in [5.74, 6) is 0. The normalized spacial score (nSPS) is 44.1. The minimum absolute atomic E-state index is 0.318. The van der Waals surface area contributed by atoms with Crippen LogP contribution >= 0.6 is 0 Å². The van der Waals surface area contributed by atoms with Crippen LogP contribution in [0.5, 0.6) is 0 Å². The van der Waals surface area contributed by atoms with Gasteiger partial charge in [-0.25, -0.2) is 0 Å². The van der Waals surface area contributed by atoms with Gasteiger partial charge in [-0.15, -0.1) is 0 Å². The number of hydrogen-bond acceptors (Lipinski definition) is 11. The Morgan fingerprint density at radius 2 is 1.42 bits per heavy atom. The highest BCUT2D eigenvalue weighted by molar-refractivity contribution is 4.92. The minimum atomic E-state index is -1.47. The molecule has 11 heteroatoms. The second-order valence-electron chi connectivity index (χ2n) is 5.69. The van der Waals surface area contributed by atoms with Gasteiger partial charge in [-0.3, -0.25) is 0 Å². The molecule has 2 aliphatic heterocycles. The molecule has 2 heterocycles. The molecule has 2 fully saturated rings. The molecular weight excluding hydrogens is 332 g/mol. The number of aliphatic hydroxyl groups is 7. The molecule has 0 aromatic rings. The monoisotopic (exact) mass is 356 g/mol. The zero-order valence-electron chi connectivity index (χ0n) is 12.8. The van der Waals surface area contributed by atoms with Gasteiger partial charge in [0.1, 0.15) is 42.7 Å². The van der Waals surface area contributed by atoms with Crippen LogP contribution in [0.2, 0.25) is 0 Å². The summed E-state index contributed by atoms with van der Waals surface area (Å²) in [6, 6.07) is 0. The topological polar surface area (TPSA) is 179 Å². The van der Waals surface area contributed by atoms with E-state index in [-0.39, 0.29) is 6.61 Å². The Kier molecular flexibility index (Phi) is 7.27. The van der Waals surface area contributed by atoms with Crippen LogP contribution in [-0.4, -0.2) is 117 Å². The van der Waals surface area contributed by atoms with Gasteiger partial charge in [0.15, 0.2) is 12.6 Å². The lowest BCUT2D eigenvalue weighted by Crippen LogP contribution is -2.44. The molecule has 1 unspecified atom stereocenters. The van der Waals surface area contributed by atoms with Crippen LogP contribution < -0.4 is 0 Å². The zero-order chi connectivity index (χ0) is 17.9. The zero-order valence-corrected chi connectivity index (χ0v) is 12.8. The lowest BCUT2D eigenvalue weighted by Gasteiger charge is -2.26. The third-order valence-corrected chi connectivity index (χ3v) is 3.93. The van der Waals surface area contributed by atoms with Gasteiger partial charge in [0, 0.05) is 0 Å². The first-order chi connectivity index (χ1) is 11.4. The third kappa shape index (κ3) is 4.20. The van der Waals surface area contributed by atoms with E-state index in [4.69, 9.17) is 29.2 Å². The molecule has 7 N–H and O–H groups in total. The fourth-order valence-electron chi connectivity index (χ4n) is 2.52. The van der Waals surface area contributed by atoms with E-state index in [0.717, 1.165) is 0 Å². The second kappa shape index (κ2) is 8.78. The van der Waals surface area contributed by atoms with Gasteiger partial charge in [-0.05, 0) is 0 Å². The van der Waals surface area contributed by atoms with Crippen LogP contribution in [0.15, 0.2) is 0 Å². The summed E-state index contributed by atoms with van der Waals surface area (Å²) < 4.78 is 21.1. The van der Waals surface area contributed by atoms with E-state index >= 15 is 0 Å². The first-order valence-corrected chi connectivity index (χ1v) is 7.55. The Bertz CT molecular complexity index is 383. The van der Waals surface area contributed by atoms with E-state index in [2.05, 4.69) is 0 Å². The molecule has 11 nitrogen and oxygen atoms in total. The van der Waals surface area contributed by atoms with Crippen molar-refractivity contribution in [1.82, 2.24) is 0 Å². The van der Waals surface area contributed by atoms with E-state index < -0.39 is 75.1 Å². The molecule has 0 amide bonds. The molecule has 0 radical (unpaired) electrons. The predicted octanol–water partition coefficient (Wildman–Crippen LogP) is -4.74. The highest BCUT2D eigenvalue weighted by Gasteiger charge is 2.50. The number of aliphatic hydroxyl groups excluding tert-OH is 7. The molecule has 2 aliphatic rings. The summed E-state index contributed by atoms with van der Waals surface area (Å²) in [6.45, 7) is -1.93. The fraction of sp³-hybridized carbons (Fsp3) is 1.00. The van der Waals surface area contributed by atoms with Crippen LogP contribution in [0.3, 0.4) is 0 Å². The van der Waals surface area contributed by atoms with E-state index in [1.807, 2.05) is 0 Å². The van der Waals surface area contributed by atoms with Crippen molar-refractivity contribution < 1.29 is 54.7 Å². The van der Waals surface area contributed by atoms with Crippen LogP contribution in [-0.2, 0) is 18.9 Å². The molecular formula is C13H24O11. The minimum Gasteiger partial charge on any atom is -0.394 e. The quantitative estimate of drug-likeness (QED) is 0.222. The van der Waals surface area contributed by atoms with Gasteiger partial charge in [0.05, 0.1) is 26.4 Å². The van der Waals surface area contributed by atoms with Crippen molar-refractivity contribution >= 4 is 0 Å². The van der Waals surface area contributed by atoms with E-state index in [0.29, 0.717) is 0 Å². The van der Waals surface area contributed by atoms with Crippen molar-refractivity contribution in [2.45, 2.75) is 55.3 Å². The van der Waals surface area contributed by atoms with Crippen molar-refractivity contribution in [1.29, 1.82) is 0 Å². The van der Waals surface area contributed by atoms with Crippen LogP contribution in [0.25, 0.3) is 0 Å². The van der Waals surface area contributed by atoms with Crippen molar-refractivity contribution in [3.8, 4) is 0 Å². The first-order valence-electron chi connectivity index (χ1n) is 7.55. The Labute approximate surface area is 137 Å². The van der Waals surface area contributed by atoms with Gasteiger partial charge in [0.25, 0.3) is 0 Å². The summed E-state index contributed by atoms with van der Waals surface area (Å²) >= 11 is 0. The third-order valence-electron chi connectivity index (χ3n) is 3.93. The molecule has 24 heavy (non-hydrogen) atoms. The maximum Gasteiger partial charge on any atom is 0.187 e.